The van der Waals surface area contributed by atoms with Crippen LogP contribution in [0.5, 0.6) is 17.2 Å². The number of aliphatic hydroxyl groups is 1. The summed E-state index contributed by atoms with van der Waals surface area (Å²) in [6.45, 7) is -0.000882. The molecular weight excluding hydrogens is 436 g/mol. The van der Waals surface area contributed by atoms with Crippen LogP contribution in [0.2, 0.25) is 5.02 Å². The van der Waals surface area contributed by atoms with Crippen molar-refractivity contribution < 1.29 is 28.5 Å². The number of hydrogen-bond acceptors (Lipinski definition) is 7. The van der Waals surface area contributed by atoms with E-state index in [4.69, 9.17) is 30.2 Å². The average molecular weight is 461 g/mol. The first-order valence-corrected chi connectivity index (χ1v) is 10.4. The number of benzene rings is 2. The molecule has 1 aromatic heterocycles. The minimum Gasteiger partial charge on any atom is -0.493 e. The second-order valence-corrected chi connectivity index (χ2v) is 7.32. The van der Waals surface area contributed by atoms with Gasteiger partial charge in [-0.2, -0.15) is 0 Å². The normalized spacial score (nSPS) is 11.6. The van der Waals surface area contributed by atoms with Crippen LogP contribution in [0.3, 0.4) is 0 Å². The lowest BCUT2D eigenvalue weighted by molar-refractivity contribution is -0.121. The summed E-state index contributed by atoms with van der Waals surface area (Å²) in [7, 11) is 3.04. The van der Waals surface area contributed by atoms with E-state index in [9.17, 15) is 9.90 Å². The van der Waals surface area contributed by atoms with Gasteiger partial charge in [-0.1, -0.05) is 17.7 Å². The lowest BCUT2D eigenvalue weighted by Crippen LogP contribution is -2.35. The number of oxazole rings is 1. The Labute approximate surface area is 191 Å². The van der Waals surface area contributed by atoms with Gasteiger partial charge in [0.1, 0.15) is 12.7 Å². The summed E-state index contributed by atoms with van der Waals surface area (Å²) in [5.41, 5.74) is 0.854. The Hall–Kier alpha value is -3.23. The van der Waals surface area contributed by atoms with Gasteiger partial charge in [-0.3, -0.25) is 4.79 Å². The van der Waals surface area contributed by atoms with Gasteiger partial charge in [-0.25, -0.2) is 4.98 Å². The summed E-state index contributed by atoms with van der Waals surface area (Å²) >= 11 is 5.89. The standard InChI is InChI=1S/C23H25ClN2O6/c1-29-18-4-3-5-19(30-2)23(18)31-14-17(27)12-25-21(28)10-11-22-26-13-20(32-22)15-6-8-16(24)9-7-15/h3-9,13,17,27H,10-12,14H2,1-2H3,(H,25,28). The zero-order valence-corrected chi connectivity index (χ0v) is 18.6. The highest BCUT2D eigenvalue weighted by Gasteiger charge is 2.15. The third-order valence-corrected chi connectivity index (χ3v) is 4.84. The summed E-state index contributed by atoms with van der Waals surface area (Å²) < 4.78 is 21.8. The summed E-state index contributed by atoms with van der Waals surface area (Å²) in [6, 6.07) is 12.4. The first-order valence-electron chi connectivity index (χ1n) is 9.99. The van der Waals surface area contributed by atoms with E-state index < -0.39 is 6.10 Å². The molecule has 0 bridgehead atoms. The summed E-state index contributed by atoms with van der Waals surface area (Å²) in [5, 5.41) is 13.5. The maximum atomic E-state index is 12.1. The minimum absolute atomic E-state index is 0.0396. The summed E-state index contributed by atoms with van der Waals surface area (Å²) in [6.07, 6.45) is 1.22. The number of hydrogen-bond donors (Lipinski definition) is 2. The number of ether oxygens (including phenoxy) is 3. The minimum atomic E-state index is -0.910. The zero-order chi connectivity index (χ0) is 22.9. The number of para-hydroxylation sites is 1. The van der Waals surface area contributed by atoms with E-state index in [1.54, 1.807) is 36.5 Å². The Kier molecular flexibility index (Phi) is 8.35. The number of nitrogens with zero attached hydrogens (tertiary/aromatic N) is 1. The van der Waals surface area contributed by atoms with Crippen molar-refractivity contribution in [3.8, 4) is 28.6 Å². The number of carbonyl (C=O) groups excluding carboxylic acids is 1. The van der Waals surface area contributed by atoms with Crippen LogP contribution in [0.25, 0.3) is 11.3 Å². The van der Waals surface area contributed by atoms with Gasteiger partial charge in [0.05, 0.1) is 20.4 Å². The molecule has 0 aliphatic heterocycles. The summed E-state index contributed by atoms with van der Waals surface area (Å²) in [5.74, 6) is 2.20. The highest BCUT2D eigenvalue weighted by Crippen LogP contribution is 2.36. The molecule has 0 aliphatic rings. The fourth-order valence-electron chi connectivity index (χ4n) is 2.91. The van der Waals surface area contributed by atoms with Crippen molar-refractivity contribution in [1.29, 1.82) is 0 Å². The number of carbonyl (C=O) groups is 1. The first kappa shape index (κ1) is 23.4. The molecule has 2 N–H and O–H groups in total. The number of aryl methyl sites for hydroxylation is 1. The van der Waals surface area contributed by atoms with E-state index in [1.807, 2.05) is 12.1 Å². The highest BCUT2D eigenvalue weighted by molar-refractivity contribution is 6.30. The van der Waals surface area contributed by atoms with E-state index in [-0.39, 0.29) is 25.5 Å². The van der Waals surface area contributed by atoms with Crippen molar-refractivity contribution in [2.45, 2.75) is 18.9 Å². The topological polar surface area (TPSA) is 103 Å². The SMILES string of the molecule is COc1cccc(OC)c1OCC(O)CNC(=O)CCc1ncc(-c2ccc(Cl)cc2)o1. The Morgan fingerprint density at radius 3 is 2.50 bits per heavy atom. The lowest BCUT2D eigenvalue weighted by atomic mass is 10.2. The van der Waals surface area contributed by atoms with Crippen molar-refractivity contribution in [3.05, 3.63) is 59.6 Å². The molecule has 0 saturated heterocycles. The molecule has 3 rings (SSSR count). The van der Waals surface area contributed by atoms with Crippen LogP contribution in [0, 0.1) is 0 Å². The first-order chi connectivity index (χ1) is 15.5. The number of nitrogens with one attached hydrogen (secondary N) is 1. The summed E-state index contributed by atoms with van der Waals surface area (Å²) in [4.78, 5) is 16.3. The Bertz CT molecular complexity index is 999. The van der Waals surface area contributed by atoms with Crippen LogP contribution in [0.1, 0.15) is 12.3 Å². The molecule has 1 amide bonds. The number of aliphatic hydroxyl groups excluding tert-OH is 1. The predicted molar refractivity (Wildman–Crippen MR) is 119 cm³/mol. The molecule has 9 heteroatoms. The van der Waals surface area contributed by atoms with E-state index in [0.717, 1.165) is 5.56 Å². The zero-order valence-electron chi connectivity index (χ0n) is 17.8. The van der Waals surface area contributed by atoms with Crippen molar-refractivity contribution in [2.24, 2.45) is 0 Å². The van der Waals surface area contributed by atoms with E-state index in [0.29, 0.717) is 40.3 Å². The molecule has 1 heterocycles. The van der Waals surface area contributed by atoms with Gasteiger partial charge in [-0.05, 0) is 36.4 Å². The van der Waals surface area contributed by atoms with Gasteiger partial charge in [0.2, 0.25) is 11.7 Å². The maximum Gasteiger partial charge on any atom is 0.220 e. The van der Waals surface area contributed by atoms with Gasteiger partial charge in [-0.15, -0.1) is 0 Å². The predicted octanol–water partition coefficient (Wildman–Crippen LogP) is 3.50. The van der Waals surface area contributed by atoms with Crippen LogP contribution in [-0.2, 0) is 11.2 Å². The fraction of sp³-hybridized carbons (Fsp3) is 0.304. The molecule has 0 radical (unpaired) electrons. The van der Waals surface area contributed by atoms with Gasteiger partial charge in [0.15, 0.2) is 23.1 Å². The van der Waals surface area contributed by atoms with Gasteiger partial charge in [0.25, 0.3) is 0 Å². The molecule has 0 saturated carbocycles. The molecule has 170 valence electrons. The Morgan fingerprint density at radius 1 is 1.16 bits per heavy atom. The highest BCUT2D eigenvalue weighted by atomic mass is 35.5. The molecule has 0 aliphatic carbocycles. The molecule has 8 nitrogen and oxygen atoms in total. The smallest absolute Gasteiger partial charge is 0.220 e. The number of amides is 1. The van der Waals surface area contributed by atoms with Crippen molar-refractivity contribution >= 4 is 17.5 Å². The number of rotatable bonds is 11. The van der Waals surface area contributed by atoms with Crippen molar-refractivity contribution in [3.63, 3.8) is 0 Å². The molecule has 2 aromatic carbocycles. The number of methoxy groups -OCH3 is 2. The maximum absolute atomic E-state index is 12.1. The largest absolute Gasteiger partial charge is 0.493 e. The lowest BCUT2D eigenvalue weighted by Gasteiger charge is -2.17. The average Bonchev–Trinajstić information content (AvgIpc) is 3.29. The van der Waals surface area contributed by atoms with Crippen LogP contribution in [-0.4, -0.2) is 49.5 Å². The Balaban J connectivity index is 1.42. The quantitative estimate of drug-likeness (QED) is 0.451. The van der Waals surface area contributed by atoms with Crippen molar-refractivity contribution in [2.75, 3.05) is 27.4 Å². The third-order valence-electron chi connectivity index (χ3n) is 4.59. The number of aromatic nitrogens is 1. The van der Waals surface area contributed by atoms with E-state index >= 15 is 0 Å². The van der Waals surface area contributed by atoms with E-state index in [2.05, 4.69) is 10.3 Å². The molecule has 1 atom stereocenters. The molecule has 1 unspecified atom stereocenters. The van der Waals surface area contributed by atoms with Gasteiger partial charge < -0.3 is 29.1 Å². The Morgan fingerprint density at radius 2 is 1.84 bits per heavy atom. The molecule has 0 fully saturated rings. The van der Waals surface area contributed by atoms with Crippen LogP contribution >= 0.6 is 11.6 Å². The number of halogens is 1. The molecule has 32 heavy (non-hydrogen) atoms. The molecule has 3 aromatic rings. The van der Waals surface area contributed by atoms with E-state index in [1.165, 1.54) is 14.2 Å². The second kappa shape index (κ2) is 11.4. The van der Waals surface area contributed by atoms with Crippen molar-refractivity contribution in [1.82, 2.24) is 10.3 Å². The second-order valence-electron chi connectivity index (χ2n) is 6.89. The van der Waals surface area contributed by atoms with Crippen LogP contribution in [0.4, 0.5) is 0 Å². The van der Waals surface area contributed by atoms with Gasteiger partial charge >= 0.3 is 0 Å². The fourth-order valence-corrected chi connectivity index (χ4v) is 3.04. The van der Waals surface area contributed by atoms with Gasteiger partial charge in [0, 0.05) is 30.0 Å². The van der Waals surface area contributed by atoms with Crippen LogP contribution in [0.15, 0.2) is 53.1 Å². The third kappa shape index (κ3) is 6.38. The van der Waals surface area contributed by atoms with Crippen LogP contribution < -0.4 is 19.5 Å². The monoisotopic (exact) mass is 460 g/mol. The molecule has 0 spiro atoms. The molecular formula is C23H25ClN2O6.